The van der Waals surface area contributed by atoms with Gasteiger partial charge in [-0.3, -0.25) is 0 Å². The zero-order chi connectivity index (χ0) is 5.54. The molecule has 0 saturated carbocycles. The molecule has 0 aliphatic rings. The molecule has 0 atom stereocenters. The second-order valence-electron chi connectivity index (χ2n) is 0.836. The summed E-state index contributed by atoms with van der Waals surface area (Å²) < 4.78 is 0. The largest absolute Gasteiger partial charge is 0.361 e. The highest BCUT2D eigenvalue weighted by Gasteiger charge is 1.49. The van der Waals surface area contributed by atoms with Crippen LogP contribution in [0.2, 0.25) is 0 Å². The van der Waals surface area contributed by atoms with Crippen LogP contribution in [0.15, 0.2) is 37.0 Å². The van der Waals surface area contributed by atoms with Crippen molar-refractivity contribution in [2.75, 3.05) is 0 Å². The summed E-state index contributed by atoms with van der Waals surface area (Å²) in [5, 5.41) is 2.67. The molecule has 0 rings (SSSR count). The first-order chi connectivity index (χ1) is 3.41. The van der Waals surface area contributed by atoms with Gasteiger partial charge in [-0.15, -0.1) is 0 Å². The van der Waals surface area contributed by atoms with E-state index in [-0.39, 0.29) is 0 Å². The van der Waals surface area contributed by atoms with Gasteiger partial charge in [-0.2, -0.15) is 0 Å². The Morgan fingerprint density at radius 1 is 1.57 bits per heavy atom. The van der Waals surface area contributed by atoms with Crippen molar-refractivity contribution in [3.8, 4) is 0 Å². The summed E-state index contributed by atoms with van der Waals surface area (Å²) in [5.41, 5.74) is 5.02. The number of hydrogen-bond acceptors (Lipinski definition) is 1. The molecule has 0 aromatic heterocycles. The Kier molecular flexibility index (Phi) is 4.04. The molecule has 7 heavy (non-hydrogen) atoms. The summed E-state index contributed by atoms with van der Waals surface area (Å²) in [6, 6.07) is 0. The molecule has 1 nitrogen and oxygen atoms in total. The Hall–Kier alpha value is -1.16. The first-order valence-electron chi connectivity index (χ1n) is 1.88. The van der Waals surface area contributed by atoms with E-state index in [1.165, 1.54) is 0 Å². The highest BCUT2D eigenvalue weighted by atomic mass is 14.8. The van der Waals surface area contributed by atoms with E-state index in [2.05, 4.69) is 29.9 Å². The van der Waals surface area contributed by atoms with E-state index in [9.17, 15) is 0 Å². The second kappa shape index (κ2) is 4.84. The van der Waals surface area contributed by atoms with Gasteiger partial charge in [0.25, 0.3) is 0 Å². The molecule has 0 bridgehead atoms. The van der Waals surface area contributed by atoms with Crippen molar-refractivity contribution in [1.29, 1.82) is 0 Å². The summed E-state index contributed by atoms with van der Waals surface area (Å²) in [7, 11) is 0. The molecular weight excluding hydrogens is 86.1 g/mol. The van der Waals surface area contributed by atoms with Crippen molar-refractivity contribution in [1.82, 2.24) is 5.32 Å². The van der Waals surface area contributed by atoms with Crippen LogP contribution >= 0.6 is 0 Å². The molecule has 0 fully saturated rings. The predicted octanol–water partition coefficient (Wildman–Crippen LogP) is 1.17. The molecule has 0 aliphatic heterocycles. The van der Waals surface area contributed by atoms with Crippen molar-refractivity contribution in [3.05, 3.63) is 37.0 Å². The normalized spacial score (nSPS) is 5.14. The molecule has 0 amide bonds. The van der Waals surface area contributed by atoms with Gasteiger partial charge in [-0.05, 0) is 12.8 Å². The average molecular weight is 93.1 g/mol. The van der Waals surface area contributed by atoms with Gasteiger partial charge in [-0.1, -0.05) is 18.0 Å². The standard InChI is InChI=1S/C6H7N/c1-3-5-6-7-4-2/h4,6-7H,1-2H2. The third-order valence-electron chi connectivity index (χ3n) is 0.375. The first kappa shape index (κ1) is 5.84. The maximum Gasteiger partial charge on any atom is 0.0521 e. The third-order valence-corrected chi connectivity index (χ3v) is 0.375. The van der Waals surface area contributed by atoms with Gasteiger partial charge in [0.15, 0.2) is 0 Å². The SMILES string of the molecule is C=C=C=CNC=C. The molecule has 1 heteroatoms. The Labute approximate surface area is 43.4 Å². The lowest BCUT2D eigenvalue weighted by Gasteiger charge is -1.75. The van der Waals surface area contributed by atoms with Gasteiger partial charge < -0.3 is 5.32 Å². The Morgan fingerprint density at radius 3 is 2.71 bits per heavy atom. The molecule has 0 saturated heterocycles. The lowest BCUT2D eigenvalue weighted by Crippen LogP contribution is -1.86. The summed E-state index contributed by atoms with van der Waals surface area (Å²) in [5.74, 6) is 0. The predicted molar refractivity (Wildman–Crippen MR) is 30.6 cm³/mol. The van der Waals surface area contributed by atoms with Crippen LogP contribution in [-0.2, 0) is 0 Å². The van der Waals surface area contributed by atoms with Crippen LogP contribution < -0.4 is 5.32 Å². The summed E-state index contributed by atoms with van der Waals surface area (Å²) >= 11 is 0. The van der Waals surface area contributed by atoms with Crippen LogP contribution in [0.1, 0.15) is 0 Å². The molecule has 0 spiro atoms. The van der Waals surface area contributed by atoms with Crippen molar-refractivity contribution in [3.63, 3.8) is 0 Å². The van der Waals surface area contributed by atoms with Gasteiger partial charge in [0.1, 0.15) is 0 Å². The molecule has 36 valence electrons. The fraction of sp³-hybridized carbons (Fsp3) is 0. The van der Waals surface area contributed by atoms with E-state index in [1.54, 1.807) is 12.4 Å². The minimum atomic E-state index is 1.55. The number of hydrogen-bond donors (Lipinski definition) is 1. The minimum absolute atomic E-state index is 1.55. The lowest BCUT2D eigenvalue weighted by molar-refractivity contribution is 1.21. The maximum absolute atomic E-state index is 3.40. The minimum Gasteiger partial charge on any atom is -0.361 e. The molecule has 0 aliphatic carbocycles. The third kappa shape index (κ3) is 4.84. The summed E-state index contributed by atoms with van der Waals surface area (Å²) in [6.07, 6.45) is 3.12. The first-order valence-corrected chi connectivity index (χ1v) is 1.88. The molecule has 0 aromatic carbocycles. The monoisotopic (exact) mass is 93.1 g/mol. The van der Waals surface area contributed by atoms with Crippen molar-refractivity contribution >= 4 is 0 Å². The van der Waals surface area contributed by atoms with Crippen molar-refractivity contribution in [2.24, 2.45) is 0 Å². The smallest absolute Gasteiger partial charge is 0.0521 e. The maximum atomic E-state index is 3.40. The Balaban J connectivity index is 3.47. The molecule has 0 unspecified atom stereocenters. The Bertz CT molecular complexity index is 123. The zero-order valence-electron chi connectivity index (χ0n) is 4.07. The van der Waals surface area contributed by atoms with Crippen LogP contribution in [0.5, 0.6) is 0 Å². The van der Waals surface area contributed by atoms with Crippen LogP contribution in [0.4, 0.5) is 0 Å². The number of nitrogens with one attached hydrogen (secondary N) is 1. The summed E-state index contributed by atoms with van der Waals surface area (Å²) in [4.78, 5) is 0. The molecule has 0 aromatic rings. The highest BCUT2D eigenvalue weighted by molar-refractivity contribution is 4.82. The van der Waals surface area contributed by atoms with Gasteiger partial charge in [0.2, 0.25) is 0 Å². The van der Waals surface area contributed by atoms with E-state index in [0.717, 1.165) is 0 Å². The average Bonchev–Trinajstić information content (AvgIpc) is 1.69. The van der Waals surface area contributed by atoms with Crippen LogP contribution in [0, 0.1) is 0 Å². The fourth-order valence-corrected chi connectivity index (χ4v) is 0.152. The van der Waals surface area contributed by atoms with Crippen molar-refractivity contribution < 1.29 is 0 Å². The second-order valence-corrected chi connectivity index (χ2v) is 0.836. The number of rotatable bonds is 2. The van der Waals surface area contributed by atoms with Gasteiger partial charge in [-0.25, -0.2) is 0 Å². The zero-order valence-corrected chi connectivity index (χ0v) is 4.07. The molecule has 1 N–H and O–H groups in total. The van der Waals surface area contributed by atoms with E-state index >= 15 is 0 Å². The molecule has 0 heterocycles. The quantitative estimate of drug-likeness (QED) is 0.505. The molecule has 0 radical (unpaired) electrons. The van der Waals surface area contributed by atoms with Gasteiger partial charge >= 0.3 is 0 Å². The van der Waals surface area contributed by atoms with E-state index in [1.807, 2.05) is 0 Å². The van der Waals surface area contributed by atoms with Crippen LogP contribution in [-0.4, -0.2) is 0 Å². The highest BCUT2D eigenvalue weighted by Crippen LogP contribution is 1.53. The topological polar surface area (TPSA) is 12.0 Å². The van der Waals surface area contributed by atoms with E-state index in [0.29, 0.717) is 0 Å². The van der Waals surface area contributed by atoms with E-state index in [4.69, 9.17) is 0 Å². The van der Waals surface area contributed by atoms with Crippen LogP contribution in [0.3, 0.4) is 0 Å². The van der Waals surface area contributed by atoms with Crippen LogP contribution in [0.25, 0.3) is 0 Å². The lowest BCUT2D eigenvalue weighted by atomic mass is 10.8. The Morgan fingerprint density at radius 2 is 2.29 bits per heavy atom. The molecular formula is C6H7N. The fourth-order valence-electron chi connectivity index (χ4n) is 0.152. The van der Waals surface area contributed by atoms with Gasteiger partial charge in [0.05, 0.1) is 6.20 Å². The van der Waals surface area contributed by atoms with E-state index < -0.39 is 0 Å². The van der Waals surface area contributed by atoms with Gasteiger partial charge in [0, 0.05) is 0 Å². The summed E-state index contributed by atoms with van der Waals surface area (Å²) in [6.45, 7) is 6.69. The van der Waals surface area contributed by atoms with Crippen molar-refractivity contribution in [2.45, 2.75) is 0 Å².